The number of methoxy groups -OCH3 is 1. The van der Waals surface area contributed by atoms with Crippen LogP contribution in [0.15, 0.2) is 72.4 Å². The van der Waals surface area contributed by atoms with E-state index in [1.165, 1.54) is 4.90 Å². The molecule has 1 heterocycles. The highest BCUT2D eigenvalue weighted by Gasteiger charge is 2.39. The molecule has 1 aliphatic heterocycles. The lowest BCUT2D eigenvalue weighted by atomic mass is 10.0. The number of anilines is 1. The molecule has 0 aromatic heterocycles. The minimum atomic E-state index is -0.299. The topological polar surface area (TPSA) is 58.6 Å². The van der Waals surface area contributed by atoms with Gasteiger partial charge in [0.15, 0.2) is 0 Å². The van der Waals surface area contributed by atoms with Gasteiger partial charge in [-0.25, -0.2) is 0 Å². The van der Waals surface area contributed by atoms with E-state index in [9.17, 15) is 9.59 Å². The molecule has 1 aliphatic rings. The maximum Gasteiger partial charge on any atom is 0.278 e. The zero-order chi connectivity index (χ0) is 21.3. The number of benzene rings is 3. The van der Waals surface area contributed by atoms with Crippen molar-refractivity contribution in [1.82, 2.24) is 4.90 Å². The maximum absolute atomic E-state index is 13.3. The van der Waals surface area contributed by atoms with Gasteiger partial charge in [-0.3, -0.25) is 14.5 Å². The molecule has 0 bridgehead atoms. The number of fused-ring (bicyclic) bond motifs is 1. The molecule has 0 saturated heterocycles. The van der Waals surface area contributed by atoms with Gasteiger partial charge in [0.05, 0.1) is 12.7 Å². The first kappa shape index (κ1) is 19.7. The van der Waals surface area contributed by atoms with Crippen LogP contribution >= 0.6 is 0 Å². The Balaban J connectivity index is 1.82. The van der Waals surface area contributed by atoms with E-state index in [0.717, 1.165) is 16.5 Å². The number of amides is 2. The number of imide groups is 1. The van der Waals surface area contributed by atoms with Gasteiger partial charge in [0.1, 0.15) is 11.4 Å². The molecule has 30 heavy (non-hydrogen) atoms. The van der Waals surface area contributed by atoms with Crippen LogP contribution in [0.3, 0.4) is 0 Å². The van der Waals surface area contributed by atoms with Crippen molar-refractivity contribution in [3.05, 3.63) is 78.0 Å². The molecule has 0 fully saturated rings. The Kier molecular flexibility index (Phi) is 5.27. The second-order valence-electron chi connectivity index (χ2n) is 7.74. The van der Waals surface area contributed by atoms with Gasteiger partial charge in [0.25, 0.3) is 11.8 Å². The van der Waals surface area contributed by atoms with E-state index in [1.807, 2.05) is 68.4 Å². The molecule has 152 valence electrons. The van der Waals surface area contributed by atoms with E-state index in [1.54, 1.807) is 19.2 Å². The van der Waals surface area contributed by atoms with E-state index >= 15 is 0 Å². The van der Waals surface area contributed by atoms with Gasteiger partial charge in [0.2, 0.25) is 0 Å². The Bertz CT molecular complexity index is 1140. The second kappa shape index (κ2) is 8.03. The van der Waals surface area contributed by atoms with Crippen LogP contribution in [0.25, 0.3) is 16.3 Å². The van der Waals surface area contributed by atoms with Gasteiger partial charge in [-0.15, -0.1) is 0 Å². The summed E-state index contributed by atoms with van der Waals surface area (Å²) in [4.78, 5) is 27.8. The monoisotopic (exact) mass is 400 g/mol. The number of ether oxygens (including phenoxy) is 1. The summed E-state index contributed by atoms with van der Waals surface area (Å²) >= 11 is 0. The van der Waals surface area contributed by atoms with Crippen molar-refractivity contribution in [2.24, 2.45) is 5.92 Å². The zero-order valence-electron chi connectivity index (χ0n) is 17.3. The van der Waals surface area contributed by atoms with Crippen LogP contribution in [0.5, 0.6) is 5.75 Å². The second-order valence-corrected chi connectivity index (χ2v) is 7.74. The molecule has 1 N–H and O–H groups in total. The van der Waals surface area contributed by atoms with Gasteiger partial charge in [-0.05, 0) is 35.1 Å². The summed E-state index contributed by atoms with van der Waals surface area (Å²) in [6.45, 7) is 4.35. The van der Waals surface area contributed by atoms with Crippen molar-refractivity contribution in [2.45, 2.75) is 13.8 Å². The fraction of sp³-hybridized carbons (Fsp3) is 0.200. The van der Waals surface area contributed by atoms with Crippen molar-refractivity contribution in [2.75, 3.05) is 19.0 Å². The van der Waals surface area contributed by atoms with Crippen molar-refractivity contribution in [1.29, 1.82) is 0 Å². The molecule has 3 aromatic carbocycles. The molecule has 0 radical (unpaired) electrons. The lowest BCUT2D eigenvalue weighted by Crippen LogP contribution is -2.35. The molecule has 4 rings (SSSR count). The van der Waals surface area contributed by atoms with Gasteiger partial charge in [0, 0.05) is 17.6 Å². The highest BCUT2D eigenvalue weighted by Crippen LogP contribution is 2.33. The summed E-state index contributed by atoms with van der Waals surface area (Å²) in [6, 6.07) is 21.0. The smallest absolute Gasteiger partial charge is 0.278 e. The Morgan fingerprint density at radius 3 is 2.30 bits per heavy atom. The Morgan fingerprint density at radius 2 is 1.60 bits per heavy atom. The molecule has 2 amide bonds. The summed E-state index contributed by atoms with van der Waals surface area (Å²) in [6.07, 6.45) is 0. The van der Waals surface area contributed by atoms with E-state index in [0.29, 0.717) is 29.1 Å². The van der Waals surface area contributed by atoms with Crippen LogP contribution in [-0.4, -0.2) is 30.4 Å². The number of carbonyl (C=O) groups is 2. The lowest BCUT2D eigenvalue weighted by molar-refractivity contribution is -0.137. The molecular formula is C25H24N2O3. The van der Waals surface area contributed by atoms with Crippen LogP contribution in [0.2, 0.25) is 0 Å². The minimum Gasteiger partial charge on any atom is -0.497 e. The fourth-order valence-corrected chi connectivity index (χ4v) is 3.72. The third kappa shape index (κ3) is 3.54. The number of nitrogens with one attached hydrogen (secondary N) is 1. The molecule has 0 aliphatic carbocycles. The molecule has 0 spiro atoms. The normalized spacial score (nSPS) is 14.2. The van der Waals surface area contributed by atoms with E-state index in [2.05, 4.69) is 5.32 Å². The first-order valence-electron chi connectivity index (χ1n) is 9.99. The predicted octanol–water partition coefficient (Wildman–Crippen LogP) is 4.70. The quantitative estimate of drug-likeness (QED) is 0.610. The van der Waals surface area contributed by atoms with Gasteiger partial charge >= 0.3 is 0 Å². The molecule has 5 heteroatoms. The third-order valence-corrected chi connectivity index (χ3v) is 5.14. The number of rotatable bonds is 6. The van der Waals surface area contributed by atoms with E-state index in [4.69, 9.17) is 4.74 Å². The SMILES string of the molecule is COc1ccc(C2=C(Nc3cccc4ccccc34)C(=O)N(CC(C)C)C2=O)cc1. The molecular weight excluding hydrogens is 376 g/mol. The average Bonchev–Trinajstić information content (AvgIpc) is 2.98. The Hall–Kier alpha value is -3.60. The third-order valence-electron chi connectivity index (χ3n) is 5.14. The van der Waals surface area contributed by atoms with Crippen LogP contribution in [-0.2, 0) is 9.59 Å². The van der Waals surface area contributed by atoms with Crippen molar-refractivity contribution < 1.29 is 14.3 Å². The average molecular weight is 400 g/mol. The summed E-state index contributed by atoms with van der Waals surface area (Å²) in [7, 11) is 1.59. The maximum atomic E-state index is 13.3. The summed E-state index contributed by atoms with van der Waals surface area (Å²) in [5, 5.41) is 5.33. The number of hydrogen-bond donors (Lipinski definition) is 1. The Labute approximate surface area is 176 Å². The molecule has 5 nitrogen and oxygen atoms in total. The van der Waals surface area contributed by atoms with Gasteiger partial charge < -0.3 is 10.1 Å². The summed E-state index contributed by atoms with van der Waals surface area (Å²) in [5.41, 5.74) is 2.17. The molecule has 3 aromatic rings. The van der Waals surface area contributed by atoms with Crippen LogP contribution in [0.1, 0.15) is 19.4 Å². The van der Waals surface area contributed by atoms with Crippen LogP contribution in [0, 0.1) is 5.92 Å². The largest absolute Gasteiger partial charge is 0.497 e. The fourth-order valence-electron chi connectivity index (χ4n) is 3.72. The predicted molar refractivity (Wildman–Crippen MR) is 119 cm³/mol. The highest BCUT2D eigenvalue weighted by molar-refractivity contribution is 6.36. The zero-order valence-corrected chi connectivity index (χ0v) is 17.3. The molecule has 0 saturated carbocycles. The lowest BCUT2D eigenvalue weighted by Gasteiger charge is -2.17. The summed E-state index contributed by atoms with van der Waals surface area (Å²) < 4.78 is 5.23. The molecule has 0 atom stereocenters. The summed E-state index contributed by atoms with van der Waals surface area (Å²) in [5.74, 6) is 0.291. The molecule has 0 unspecified atom stereocenters. The standard InChI is InChI=1S/C25H24N2O3/c1-16(2)15-27-24(28)22(18-11-13-19(30-3)14-12-18)23(25(27)29)26-21-10-6-8-17-7-4-5-9-20(17)21/h4-14,16,26H,15H2,1-3H3. The Morgan fingerprint density at radius 1 is 0.900 bits per heavy atom. The first-order valence-corrected chi connectivity index (χ1v) is 9.99. The number of nitrogens with zero attached hydrogens (tertiary/aromatic N) is 1. The van der Waals surface area contributed by atoms with E-state index < -0.39 is 0 Å². The van der Waals surface area contributed by atoms with Gasteiger partial charge in [-0.2, -0.15) is 0 Å². The van der Waals surface area contributed by atoms with Crippen molar-refractivity contribution in [3.63, 3.8) is 0 Å². The van der Waals surface area contributed by atoms with Crippen LogP contribution < -0.4 is 10.1 Å². The van der Waals surface area contributed by atoms with E-state index in [-0.39, 0.29) is 17.7 Å². The van der Waals surface area contributed by atoms with Crippen LogP contribution in [0.4, 0.5) is 5.69 Å². The van der Waals surface area contributed by atoms with Gasteiger partial charge in [-0.1, -0.05) is 62.4 Å². The van der Waals surface area contributed by atoms with Crippen molar-refractivity contribution in [3.8, 4) is 5.75 Å². The van der Waals surface area contributed by atoms with Crippen molar-refractivity contribution >= 4 is 33.8 Å². The number of carbonyl (C=O) groups excluding carboxylic acids is 2. The minimum absolute atomic E-state index is 0.173. The first-order chi connectivity index (χ1) is 14.5. The number of hydrogen-bond acceptors (Lipinski definition) is 4. The highest BCUT2D eigenvalue weighted by atomic mass is 16.5.